The molecule has 3 nitrogen and oxygen atoms in total. The van der Waals surface area contributed by atoms with Gasteiger partial charge >= 0.3 is 5.97 Å². The van der Waals surface area contributed by atoms with Crippen LogP contribution in [0.5, 0.6) is 0 Å². The van der Waals surface area contributed by atoms with E-state index in [-0.39, 0.29) is 23.4 Å². The molecule has 0 spiro atoms. The van der Waals surface area contributed by atoms with Crippen molar-refractivity contribution in [2.45, 2.75) is 13.5 Å². The van der Waals surface area contributed by atoms with Gasteiger partial charge in [-0.3, -0.25) is 0 Å². The molecule has 0 bridgehead atoms. The van der Waals surface area contributed by atoms with Crippen molar-refractivity contribution in [1.29, 1.82) is 0 Å². The molecule has 6 heteroatoms. The molecular weight excluding hydrogens is 344 g/mol. The van der Waals surface area contributed by atoms with Crippen LogP contribution in [0.15, 0.2) is 34.8 Å². The van der Waals surface area contributed by atoms with Crippen molar-refractivity contribution in [2.24, 2.45) is 0 Å². The first-order valence-corrected chi connectivity index (χ1v) is 6.84. The van der Waals surface area contributed by atoms with Gasteiger partial charge < -0.3 is 10.5 Å². The van der Waals surface area contributed by atoms with Gasteiger partial charge in [-0.25, -0.2) is 13.6 Å². The second-order valence-electron chi connectivity index (χ2n) is 4.51. The van der Waals surface area contributed by atoms with Crippen molar-refractivity contribution in [2.75, 3.05) is 5.73 Å². The van der Waals surface area contributed by atoms with E-state index in [1.807, 2.05) is 0 Å². The summed E-state index contributed by atoms with van der Waals surface area (Å²) < 4.78 is 32.6. The normalized spacial score (nSPS) is 10.5. The predicted molar refractivity (Wildman–Crippen MR) is 78.8 cm³/mol. The molecule has 2 N–H and O–H groups in total. The minimum Gasteiger partial charge on any atom is -0.457 e. The average molecular weight is 356 g/mol. The lowest BCUT2D eigenvalue weighted by Crippen LogP contribution is -2.10. The van der Waals surface area contributed by atoms with Gasteiger partial charge in [-0.05, 0) is 42.8 Å². The predicted octanol–water partition coefficient (Wildman–Crippen LogP) is 3.97. The van der Waals surface area contributed by atoms with Gasteiger partial charge in [0.1, 0.15) is 18.2 Å². The van der Waals surface area contributed by atoms with Gasteiger partial charge in [0.25, 0.3) is 0 Å². The van der Waals surface area contributed by atoms with Crippen LogP contribution < -0.4 is 5.73 Å². The Morgan fingerprint density at radius 2 is 2.00 bits per heavy atom. The molecule has 110 valence electrons. The molecule has 2 rings (SSSR count). The average Bonchev–Trinajstić information content (AvgIpc) is 2.43. The van der Waals surface area contributed by atoms with E-state index in [0.717, 1.165) is 0 Å². The van der Waals surface area contributed by atoms with Crippen molar-refractivity contribution in [3.8, 4) is 0 Å². The Labute approximate surface area is 128 Å². The standard InChI is InChI=1S/C15H12BrF2NO2/c1-8-4-11(19)6-12(14(8)18)15(20)21-7-9-5-10(17)2-3-13(9)16/h2-6H,7,19H2,1H3. The number of nitrogens with two attached hydrogens (primary N) is 1. The third-order valence-electron chi connectivity index (χ3n) is 2.86. The van der Waals surface area contributed by atoms with Gasteiger partial charge in [-0.1, -0.05) is 15.9 Å². The number of halogens is 3. The summed E-state index contributed by atoms with van der Waals surface area (Å²) in [6, 6.07) is 6.65. The molecule has 0 saturated heterocycles. The summed E-state index contributed by atoms with van der Waals surface area (Å²) in [5, 5.41) is 0. The zero-order valence-corrected chi connectivity index (χ0v) is 12.7. The van der Waals surface area contributed by atoms with E-state index in [2.05, 4.69) is 15.9 Å². The Morgan fingerprint density at radius 1 is 1.29 bits per heavy atom. The summed E-state index contributed by atoms with van der Waals surface area (Å²) >= 11 is 3.22. The molecule has 0 fully saturated rings. The molecule has 0 aliphatic heterocycles. The summed E-state index contributed by atoms with van der Waals surface area (Å²) in [7, 11) is 0. The Hall–Kier alpha value is -1.95. The van der Waals surface area contributed by atoms with Gasteiger partial charge in [0.15, 0.2) is 0 Å². The number of anilines is 1. The van der Waals surface area contributed by atoms with Gasteiger partial charge in [0, 0.05) is 15.7 Å². The minimum atomic E-state index is -0.848. The maximum Gasteiger partial charge on any atom is 0.341 e. The van der Waals surface area contributed by atoms with Gasteiger partial charge in [-0.2, -0.15) is 0 Å². The number of aryl methyl sites for hydroxylation is 1. The fourth-order valence-corrected chi connectivity index (χ4v) is 2.18. The van der Waals surface area contributed by atoms with Crippen molar-refractivity contribution in [1.82, 2.24) is 0 Å². The second-order valence-corrected chi connectivity index (χ2v) is 5.37. The van der Waals surface area contributed by atoms with E-state index in [9.17, 15) is 13.6 Å². The number of carbonyl (C=O) groups excluding carboxylic acids is 1. The van der Waals surface area contributed by atoms with Crippen molar-refractivity contribution in [3.63, 3.8) is 0 Å². The lowest BCUT2D eigenvalue weighted by molar-refractivity contribution is 0.0466. The van der Waals surface area contributed by atoms with E-state index < -0.39 is 17.6 Å². The maximum atomic E-state index is 13.9. The largest absolute Gasteiger partial charge is 0.457 e. The van der Waals surface area contributed by atoms with Crippen LogP contribution in [0.1, 0.15) is 21.5 Å². The Balaban J connectivity index is 2.17. The van der Waals surface area contributed by atoms with Crippen LogP contribution in [0.4, 0.5) is 14.5 Å². The number of rotatable bonds is 3. The first-order valence-electron chi connectivity index (χ1n) is 6.05. The van der Waals surface area contributed by atoms with Crippen LogP contribution in [0.3, 0.4) is 0 Å². The van der Waals surface area contributed by atoms with Gasteiger partial charge in [0.2, 0.25) is 0 Å². The Bertz CT molecular complexity index is 704. The molecule has 21 heavy (non-hydrogen) atoms. The zero-order valence-electron chi connectivity index (χ0n) is 11.1. The summed E-state index contributed by atoms with van der Waals surface area (Å²) in [5.41, 5.74) is 6.33. The van der Waals surface area contributed by atoms with Crippen LogP contribution >= 0.6 is 15.9 Å². The second kappa shape index (κ2) is 6.22. The molecule has 0 saturated carbocycles. The van der Waals surface area contributed by atoms with E-state index >= 15 is 0 Å². The van der Waals surface area contributed by atoms with E-state index in [1.54, 1.807) is 0 Å². The van der Waals surface area contributed by atoms with Crippen molar-refractivity contribution < 1.29 is 18.3 Å². The highest BCUT2D eigenvalue weighted by Gasteiger charge is 2.16. The van der Waals surface area contributed by atoms with Crippen molar-refractivity contribution >= 4 is 27.6 Å². The lowest BCUT2D eigenvalue weighted by atomic mass is 10.1. The molecule has 2 aromatic rings. The lowest BCUT2D eigenvalue weighted by Gasteiger charge is -2.09. The van der Waals surface area contributed by atoms with Gasteiger partial charge in [0.05, 0.1) is 5.56 Å². The van der Waals surface area contributed by atoms with Crippen molar-refractivity contribution in [3.05, 3.63) is 63.1 Å². The molecule has 0 atom stereocenters. The maximum absolute atomic E-state index is 13.9. The molecule has 0 radical (unpaired) electrons. The molecule has 0 aromatic heterocycles. The molecular formula is C15H12BrF2NO2. The Kier molecular flexibility index (Phi) is 4.57. The minimum absolute atomic E-state index is 0.176. The van der Waals surface area contributed by atoms with Gasteiger partial charge in [-0.15, -0.1) is 0 Å². The molecule has 0 heterocycles. The number of nitrogen functional groups attached to an aromatic ring is 1. The van der Waals surface area contributed by atoms with Crippen LogP contribution in [0.2, 0.25) is 0 Å². The highest BCUT2D eigenvalue weighted by atomic mass is 79.9. The van der Waals surface area contributed by atoms with E-state index in [4.69, 9.17) is 10.5 Å². The Morgan fingerprint density at radius 3 is 2.71 bits per heavy atom. The van der Waals surface area contributed by atoms with Crippen LogP contribution in [-0.2, 0) is 11.3 Å². The SMILES string of the molecule is Cc1cc(N)cc(C(=O)OCc2cc(F)ccc2Br)c1F. The first kappa shape index (κ1) is 15.4. The molecule has 0 amide bonds. The number of ether oxygens (including phenoxy) is 1. The third-order valence-corrected chi connectivity index (χ3v) is 3.64. The number of carbonyl (C=O) groups is 1. The number of hydrogen-bond acceptors (Lipinski definition) is 3. The first-order chi connectivity index (χ1) is 9.88. The molecule has 0 unspecified atom stereocenters. The number of hydrogen-bond donors (Lipinski definition) is 1. The summed E-state index contributed by atoms with van der Waals surface area (Å²) in [6.07, 6.45) is 0. The van der Waals surface area contributed by atoms with E-state index in [0.29, 0.717) is 10.0 Å². The highest BCUT2D eigenvalue weighted by molar-refractivity contribution is 9.10. The molecule has 2 aromatic carbocycles. The summed E-state index contributed by atoms with van der Waals surface area (Å²) in [6.45, 7) is 1.33. The van der Waals surface area contributed by atoms with Crippen LogP contribution in [-0.4, -0.2) is 5.97 Å². The molecule has 0 aliphatic rings. The smallest absolute Gasteiger partial charge is 0.341 e. The topological polar surface area (TPSA) is 52.3 Å². The third kappa shape index (κ3) is 3.58. The summed E-state index contributed by atoms with van der Waals surface area (Å²) in [5.74, 6) is -1.97. The quantitative estimate of drug-likeness (QED) is 0.669. The molecule has 0 aliphatic carbocycles. The fourth-order valence-electron chi connectivity index (χ4n) is 1.82. The number of esters is 1. The van der Waals surface area contributed by atoms with Crippen LogP contribution in [0.25, 0.3) is 0 Å². The van der Waals surface area contributed by atoms with E-state index in [1.165, 1.54) is 37.3 Å². The monoisotopic (exact) mass is 355 g/mol. The van der Waals surface area contributed by atoms with Crippen LogP contribution in [0, 0.1) is 18.6 Å². The fraction of sp³-hybridized carbons (Fsp3) is 0.133. The number of benzene rings is 2. The zero-order chi connectivity index (χ0) is 15.6. The highest BCUT2D eigenvalue weighted by Crippen LogP contribution is 2.21. The summed E-state index contributed by atoms with van der Waals surface area (Å²) in [4.78, 5) is 11.9.